The Morgan fingerprint density at radius 1 is 1.07 bits per heavy atom. The summed E-state index contributed by atoms with van der Waals surface area (Å²) in [6.45, 7) is 10.5. The zero-order chi connectivity index (χ0) is 11.8. The Hall–Kier alpha value is -0.530. The molecule has 0 aromatic rings. The topological polar surface area (TPSA) is 29.1 Å². The maximum absolute atomic E-state index is 11.0. The zero-order valence-electron chi connectivity index (χ0n) is 11.0. The molecule has 0 bridgehead atoms. The van der Waals surface area contributed by atoms with Crippen molar-refractivity contribution in [2.24, 2.45) is 11.8 Å². The van der Waals surface area contributed by atoms with Crippen LogP contribution >= 0.6 is 0 Å². The first-order chi connectivity index (χ1) is 6.93. The van der Waals surface area contributed by atoms with Crippen molar-refractivity contribution in [1.29, 1.82) is 0 Å². The van der Waals surface area contributed by atoms with Gasteiger partial charge in [-0.1, -0.05) is 47.0 Å². The Morgan fingerprint density at radius 2 is 1.60 bits per heavy atom. The van der Waals surface area contributed by atoms with E-state index in [1.54, 1.807) is 6.92 Å². The second-order valence-corrected chi connectivity index (χ2v) is 5.23. The molecule has 0 saturated heterocycles. The van der Waals surface area contributed by atoms with Crippen molar-refractivity contribution in [3.05, 3.63) is 0 Å². The molecule has 0 aromatic carbocycles. The molecule has 0 spiro atoms. The third kappa shape index (κ3) is 8.46. The molecule has 0 aliphatic heterocycles. The Kier molecular flexibility index (Phi) is 7.45. The third-order valence-corrected chi connectivity index (χ3v) is 2.74. The Morgan fingerprint density at radius 3 is 2.00 bits per heavy atom. The van der Waals surface area contributed by atoms with Gasteiger partial charge in [-0.05, 0) is 18.3 Å². The van der Waals surface area contributed by atoms with Crippen molar-refractivity contribution in [2.45, 2.75) is 66.3 Å². The van der Waals surface area contributed by atoms with E-state index in [0.717, 1.165) is 12.3 Å². The number of unbranched alkanes of at least 4 members (excludes halogenated alkanes) is 1. The lowest BCUT2D eigenvalue weighted by Gasteiger charge is -2.21. The summed E-state index contributed by atoms with van der Waals surface area (Å²) in [5, 5.41) is 3.03. The van der Waals surface area contributed by atoms with E-state index in [1.165, 1.54) is 19.3 Å². The fourth-order valence-electron chi connectivity index (χ4n) is 1.75. The molecule has 0 aliphatic carbocycles. The van der Waals surface area contributed by atoms with Gasteiger partial charge in [0.2, 0.25) is 5.91 Å². The molecule has 90 valence electrons. The average molecular weight is 213 g/mol. The predicted octanol–water partition coefficient (Wildman–Crippen LogP) is 3.36. The number of nitrogens with one attached hydrogen (secondary N) is 1. The molecule has 2 nitrogen and oxygen atoms in total. The summed E-state index contributed by atoms with van der Waals surface area (Å²) in [7, 11) is 0. The van der Waals surface area contributed by atoms with Gasteiger partial charge in [0, 0.05) is 13.0 Å². The zero-order valence-corrected chi connectivity index (χ0v) is 11.0. The van der Waals surface area contributed by atoms with Crippen LogP contribution in [0.25, 0.3) is 0 Å². The molecule has 15 heavy (non-hydrogen) atoms. The van der Waals surface area contributed by atoms with Gasteiger partial charge in [-0.25, -0.2) is 0 Å². The molecule has 1 atom stereocenters. The number of rotatable bonds is 7. The van der Waals surface area contributed by atoms with E-state index >= 15 is 0 Å². The number of hydrogen-bond donors (Lipinski definition) is 1. The van der Waals surface area contributed by atoms with Crippen LogP contribution in [-0.2, 0) is 4.79 Å². The minimum absolute atomic E-state index is 0.0950. The van der Waals surface area contributed by atoms with Crippen LogP contribution < -0.4 is 5.32 Å². The highest BCUT2D eigenvalue weighted by Gasteiger charge is 2.13. The van der Waals surface area contributed by atoms with Crippen LogP contribution in [0.3, 0.4) is 0 Å². The molecular formula is C13H27NO. The first-order valence-electron chi connectivity index (χ1n) is 6.20. The van der Waals surface area contributed by atoms with Crippen LogP contribution in [-0.4, -0.2) is 11.9 Å². The number of amides is 1. The first kappa shape index (κ1) is 14.5. The quantitative estimate of drug-likeness (QED) is 0.645. The largest absolute Gasteiger partial charge is 0.353 e. The minimum Gasteiger partial charge on any atom is -0.353 e. The Labute approximate surface area is 94.8 Å². The van der Waals surface area contributed by atoms with E-state index < -0.39 is 0 Å². The molecular weight excluding hydrogens is 186 g/mol. The number of carbonyl (C=O) groups is 1. The normalized spacial score (nSPS) is 13.3. The lowest BCUT2D eigenvalue weighted by Crippen LogP contribution is -2.37. The van der Waals surface area contributed by atoms with Crippen molar-refractivity contribution in [3.63, 3.8) is 0 Å². The van der Waals surface area contributed by atoms with Crippen LogP contribution in [0.5, 0.6) is 0 Å². The first-order valence-corrected chi connectivity index (χ1v) is 6.20. The lowest BCUT2D eigenvalue weighted by molar-refractivity contribution is -0.120. The summed E-state index contributed by atoms with van der Waals surface area (Å²) >= 11 is 0. The van der Waals surface area contributed by atoms with Gasteiger partial charge in [0.25, 0.3) is 0 Å². The van der Waals surface area contributed by atoms with Gasteiger partial charge in [-0.15, -0.1) is 0 Å². The lowest BCUT2D eigenvalue weighted by atomic mass is 9.96. The molecule has 0 radical (unpaired) electrons. The van der Waals surface area contributed by atoms with Crippen LogP contribution in [0.1, 0.15) is 60.3 Å². The van der Waals surface area contributed by atoms with E-state index in [2.05, 4.69) is 33.0 Å². The fourth-order valence-corrected chi connectivity index (χ4v) is 1.75. The van der Waals surface area contributed by atoms with Gasteiger partial charge in [-0.3, -0.25) is 4.79 Å². The molecule has 0 heterocycles. The van der Waals surface area contributed by atoms with Crippen molar-refractivity contribution < 1.29 is 4.79 Å². The second kappa shape index (κ2) is 7.72. The molecule has 1 amide bonds. The fraction of sp³-hybridized carbons (Fsp3) is 0.923. The second-order valence-electron chi connectivity index (χ2n) is 5.23. The monoisotopic (exact) mass is 213 g/mol. The van der Waals surface area contributed by atoms with E-state index in [-0.39, 0.29) is 5.91 Å². The summed E-state index contributed by atoms with van der Waals surface area (Å²) in [5.41, 5.74) is 0. The SMILES string of the molecule is CC(=O)NC(CCCCC(C)C)C(C)C. The highest BCUT2D eigenvalue weighted by atomic mass is 16.1. The maximum atomic E-state index is 11.0. The Bertz CT molecular complexity index is 175. The molecule has 2 heteroatoms. The summed E-state index contributed by atoms with van der Waals surface area (Å²) in [6, 6.07) is 0.356. The van der Waals surface area contributed by atoms with Crippen LogP contribution in [0.4, 0.5) is 0 Å². The van der Waals surface area contributed by atoms with Crippen molar-refractivity contribution >= 4 is 5.91 Å². The van der Waals surface area contributed by atoms with Gasteiger partial charge >= 0.3 is 0 Å². The highest BCUT2D eigenvalue weighted by Crippen LogP contribution is 2.13. The predicted molar refractivity (Wildman–Crippen MR) is 65.7 cm³/mol. The van der Waals surface area contributed by atoms with Gasteiger partial charge in [0.15, 0.2) is 0 Å². The number of hydrogen-bond acceptors (Lipinski definition) is 1. The molecule has 0 aromatic heterocycles. The van der Waals surface area contributed by atoms with Gasteiger partial charge < -0.3 is 5.32 Å². The van der Waals surface area contributed by atoms with Crippen LogP contribution in [0, 0.1) is 11.8 Å². The molecule has 0 rings (SSSR count). The van der Waals surface area contributed by atoms with Crippen molar-refractivity contribution in [3.8, 4) is 0 Å². The van der Waals surface area contributed by atoms with Crippen molar-refractivity contribution in [2.75, 3.05) is 0 Å². The van der Waals surface area contributed by atoms with Crippen molar-refractivity contribution in [1.82, 2.24) is 5.32 Å². The van der Waals surface area contributed by atoms with E-state index in [1.807, 2.05) is 0 Å². The summed E-state index contributed by atoms with van der Waals surface area (Å²) in [6.07, 6.45) is 4.91. The summed E-state index contributed by atoms with van der Waals surface area (Å²) < 4.78 is 0. The molecule has 1 unspecified atom stereocenters. The van der Waals surface area contributed by atoms with Gasteiger partial charge in [0.05, 0.1) is 0 Å². The van der Waals surface area contributed by atoms with E-state index in [4.69, 9.17) is 0 Å². The van der Waals surface area contributed by atoms with Crippen LogP contribution in [0.2, 0.25) is 0 Å². The molecule has 0 saturated carbocycles. The van der Waals surface area contributed by atoms with Gasteiger partial charge in [0.1, 0.15) is 0 Å². The summed E-state index contributed by atoms with van der Waals surface area (Å²) in [4.78, 5) is 11.0. The minimum atomic E-state index is 0.0950. The third-order valence-electron chi connectivity index (χ3n) is 2.74. The summed E-state index contributed by atoms with van der Waals surface area (Å²) in [5.74, 6) is 1.42. The Balaban J connectivity index is 3.71. The van der Waals surface area contributed by atoms with Crippen LogP contribution in [0.15, 0.2) is 0 Å². The van der Waals surface area contributed by atoms with E-state index in [0.29, 0.717) is 12.0 Å². The number of carbonyl (C=O) groups excluding carboxylic acids is 1. The molecule has 0 fully saturated rings. The standard InChI is InChI=1S/C13H27NO/c1-10(2)8-6-7-9-13(11(3)4)14-12(5)15/h10-11,13H,6-9H2,1-5H3,(H,14,15). The average Bonchev–Trinajstić information content (AvgIpc) is 2.08. The molecule has 1 N–H and O–H groups in total. The van der Waals surface area contributed by atoms with E-state index in [9.17, 15) is 4.79 Å². The maximum Gasteiger partial charge on any atom is 0.217 e. The van der Waals surface area contributed by atoms with Gasteiger partial charge in [-0.2, -0.15) is 0 Å². The highest BCUT2D eigenvalue weighted by molar-refractivity contribution is 5.73. The smallest absolute Gasteiger partial charge is 0.217 e. The molecule has 0 aliphatic rings.